The van der Waals surface area contributed by atoms with Crippen LogP contribution in [-0.4, -0.2) is 61.3 Å². The highest BCUT2D eigenvalue weighted by Gasteiger charge is 2.30. The molecular weight excluding hydrogens is 128 g/mol. The summed E-state index contributed by atoms with van der Waals surface area (Å²) in [7, 11) is 6.05. The van der Waals surface area contributed by atoms with Crippen molar-refractivity contribution >= 4 is 0 Å². The maximum atomic E-state index is 9.45. The first-order chi connectivity index (χ1) is 4.61. The third-order valence-electron chi connectivity index (χ3n) is 2.10. The number of rotatable bonds is 1. The van der Waals surface area contributed by atoms with Crippen molar-refractivity contribution in [2.45, 2.75) is 12.1 Å². The van der Waals surface area contributed by atoms with Crippen LogP contribution in [-0.2, 0) is 0 Å². The predicted octanol–water partition coefficient (Wildman–Crippen LogP) is -0.777. The molecule has 2 atom stereocenters. The molecule has 0 spiro atoms. The lowest BCUT2D eigenvalue weighted by atomic mass is 10.2. The molecule has 0 saturated carbocycles. The van der Waals surface area contributed by atoms with Gasteiger partial charge in [-0.1, -0.05) is 0 Å². The van der Waals surface area contributed by atoms with Gasteiger partial charge in [0.1, 0.15) is 0 Å². The highest BCUT2D eigenvalue weighted by Crippen LogP contribution is 2.11. The van der Waals surface area contributed by atoms with E-state index in [1.807, 2.05) is 21.1 Å². The molecular formula is C7H16N2O. The summed E-state index contributed by atoms with van der Waals surface area (Å²) in [6.07, 6.45) is -0.167. The normalized spacial score (nSPS) is 35.7. The van der Waals surface area contributed by atoms with Crippen LogP contribution in [0.15, 0.2) is 0 Å². The Labute approximate surface area is 62.2 Å². The van der Waals surface area contributed by atoms with E-state index in [2.05, 4.69) is 9.80 Å². The molecule has 1 saturated heterocycles. The minimum Gasteiger partial charge on any atom is -0.390 e. The lowest BCUT2D eigenvalue weighted by Crippen LogP contribution is -2.37. The monoisotopic (exact) mass is 144 g/mol. The largest absolute Gasteiger partial charge is 0.390 e. The molecule has 0 unspecified atom stereocenters. The van der Waals surface area contributed by atoms with Crippen molar-refractivity contribution in [3.05, 3.63) is 0 Å². The number of hydrogen-bond acceptors (Lipinski definition) is 3. The number of likely N-dealkylation sites (tertiary alicyclic amines) is 1. The second kappa shape index (κ2) is 2.86. The molecule has 1 heterocycles. The summed E-state index contributed by atoms with van der Waals surface area (Å²) in [4.78, 5) is 4.23. The van der Waals surface area contributed by atoms with E-state index in [1.165, 1.54) is 0 Å². The molecule has 1 rings (SSSR count). The lowest BCUT2D eigenvalue weighted by Gasteiger charge is -2.21. The van der Waals surface area contributed by atoms with Crippen molar-refractivity contribution in [1.82, 2.24) is 9.80 Å². The summed E-state index contributed by atoms with van der Waals surface area (Å²) in [5.74, 6) is 0. The fourth-order valence-corrected chi connectivity index (χ4v) is 1.46. The zero-order valence-electron chi connectivity index (χ0n) is 6.91. The van der Waals surface area contributed by atoms with Gasteiger partial charge in [0.05, 0.1) is 6.10 Å². The Balaban J connectivity index is 2.46. The standard InChI is InChI=1S/C7H16N2O/c1-8(2)6-4-9(3)5-7(6)10/h6-7,10H,4-5H2,1-3H3/t6-,7-/m1/s1. The molecule has 1 aliphatic heterocycles. The SMILES string of the molecule is CN1C[C@@H](O)[C@H](N(C)C)C1. The van der Waals surface area contributed by atoms with E-state index < -0.39 is 0 Å². The molecule has 0 aromatic carbocycles. The quantitative estimate of drug-likeness (QED) is 0.523. The number of β-amino-alcohol motifs (C(OH)–C–C–N with tert-alkyl or cyclic N) is 1. The molecule has 0 radical (unpaired) electrons. The first kappa shape index (κ1) is 7.98. The highest BCUT2D eigenvalue weighted by molar-refractivity contribution is 4.86. The molecule has 60 valence electrons. The average molecular weight is 144 g/mol. The minimum atomic E-state index is -0.167. The second-order valence-electron chi connectivity index (χ2n) is 3.32. The van der Waals surface area contributed by atoms with Crippen LogP contribution in [0.5, 0.6) is 0 Å². The molecule has 0 amide bonds. The van der Waals surface area contributed by atoms with Crippen LogP contribution in [0.2, 0.25) is 0 Å². The molecule has 0 bridgehead atoms. The van der Waals surface area contributed by atoms with Crippen LogP contribution in [0.3, 0.4) is 0 Å². The van der Waals surface area contributed by atoms with Crippen molar-refractivity contribution in [3.8, 4) is 0 Å². The molecule has 1 N–H and O–H groups in total. The lowest BCUT2D eigenvalue weighted by molar-refractivity contribution is 0.113. The van der Waals surface area contributed by atoms with Crippen molar-refractivity contribution in [1.29, 1.82) is 0 Å². The maximum Gasteiger partial charge on any atom is 0.0834 e. The molecule has 0 aromatic rings. The van der Waals surface area contributed by atoms with Crippen LogP contribution in [0, 0.1) is 0 Å². The van der Waals surface area contributed by atoms with Gasteiger partial charge in [-0.2, -0.15) is 0 Å². The molecule has 3 heteroatoms. The van der Waals surface area contributed by atoms with Gasteiger partial charge in [0.15, 0.2) is 0 Å². The highest BCUT2D eigenvalue weighted by atomic mass is 16.3. The first-order valence-corrected chi connectivity index (χ1v) is 3.64. The second-order valence-corrected chi connectivity index (χ2v) is 3.32. The smallest absolute Gasteiger partial charge is 0.0834 e. The van der Waals surface area contributed by atoms with Crippen molar-refractivity contribution < 1.29 is 5.11 Å². The van der Waals surface area contributed by atoms with Crippen molar-refractivity contribution in [3.63, 3.8) is 0 Å². The summed E-state index contributed by atoms with van der Waals surface area (Å²) >= 11 is 0. The van der Waals surface area contributed by atoms with Crippen LogP contribution in [0.1, 0.15) is 0 Å². The van der Waals surface area contributed by atoms with E-state index in [1.54, 1.807) is 0 Å². The number of nitrogens with zero attached hydrogens (tertiary/aromatic N) is 2. The van der Waals surface area contributed by atoms with E-state index in [0.29, 0.717) is 6.04 Å². The van der Waals surface area contributed by atoms with Gasteiger partial charge in [-0.3, -0.25) is 0 Å². The number of aliphatic hydroxyl groups excluding tert-OH is 1. The number of hydrogen-bond donors (Lipinski definition) is 1. The van der Waals surface area contributed by atoms with Gasteiger partial charge in [0.2, 0.25) is 0 Å². The zero-order valence-corrected chi connectivity index (χ0v) is 6.91. The van der Waals surface area contributed by atoms with Crippen molar-refractivity contribution in [2.24, 2.45) is 0 Å². The van der Waals surface area contributed by atoms with E-state index in [0.717, 1.165) is 13.1 Å². The molecule has 0 aromatic heterocycles. The molecule has 1 fully saturated rings. The van der Waals surface area contributed by atoms with Gasteiger partial charge in [-0.05, 0) is 21.1 Å². The van der Waals surface area contributed by atoms with Gasteiger partial charge >= 0.3 is 0 Å². The zero-order chi connectivity index (χ0) is 7.72. The summed E-state index contributed by atoms with van der Waals surface area (Å²) < 4.78 is 0. The minimum absolute atomic E-state index is 0.167. The first-order valence-electron chi connectivity index (χ1n) is 3.64. The summed E-state index contributed by atoms with van der Waals surface area (Å²) in [6.45, 7) is 1.79. The van der Waals surface area contributed by atoms with Gasteiger partial charge in [-0.25, -0.2) is 0 Å². The maximum absolute atomic E-state index is 9.45. The van der Waals surface area contributed by atoms with Crippen LogP contribution >= 0.6 is 0 Å². The fourth-order valence-electron chi connectivity index (χ4n) is 1.46. The summed E-state index contributed by atoms with van der Waals surface area (Å²) in [5.41, 5.74) is 0. The Kier molecular flexibility index (Phi) is 2.28. The Morgan fingerprint density at radius 2 is 2.00 bits per heavy atom. The van der Waals surface area contributed by atoms with Crippen molar-refractivity contribution in [2.75, 3.05) is 34.2 Å². The van der Waals surface area contributed by atoms with E-state index in [9.17, 15) is 5.11 Å². The van der Waals surface area contributed by atoms with E-state index in [-0.39, 0.29) is 6.10 Å². The van der Waals surface area contributed by atoms with Crippen LogP contribution < -0.4 is 0 Å². The molecule has 1 aliphatic rings. The van der Waals surface area contributed by atoms with E-state index >= 15 is 0 Å². The van der Waals surface area contributed by atoms with Gasteiger partial charge in [0.25, 0.3) is 0 Å². The molecule has 0 aliphatic carbocycles. The third-order valence-corrected chi connectivity index (χ3v) is 2.10. The summed E-state index contributed by atoms with van der Waals surface area (Å²) in [5, 5.41) is 9.45. The fraction of sp³-hybridized carbons (Fsp3) is 1.00. The predicted molar refractivity (Wildman–Crippen MR) is 41.0 cm³/mol. The van der Waals surface area contributed by atoms with Gasteiger partial charge in [-0.15, -0.1) is 0 Å². The third kappa shape index (κ3) is 1.48. The Bertz CT molecular complexity index is 116. The number of aliphatic hydroxyl groups is 1. The van der Waals surface area contributed by atoms with E-state index in [4.69, 9.17) is 0 Å². The Morgan fingerprint density at radius 3 is 2.20 bits per heavy atom. The van der Waals surface area contributed by atoms with Crippen LogP contribution in [0.4, 0.5) is 0 Å². The molecule has 10 heavy (non-hydrogen) atoms. The Morgan fingerprint density at radius 1 is 1.40 bits per heavy atom. The van der Waals surface area contributed by atoms with Gasteiger partial charge < -0.3 is 14.9 Å². The van der Waals surface area contributed by atoms with Gasteiger partial charge in [0, 0.05) is 19.1 Å². The number of likely N-dealkylation sites (N-methyl/N-ethyl adjacent to an activating group) is 2. The summed E-state index contributed by atoms with van der Waals surface area (Å²) in [6, 6.07) is 0.324. The van der Waals surface area contributed by atoms with Crippen LogP contribution in [0.25, 0.3) is 0 Å². The Hall–Kier alpha value is -0.120. The molecule has 3 nitrogen and oxygen atoms in total. The topological polar surface area (TPSA) is 26.7 Å². The average Bonchev–Trinajstić information content (AvgIpc) is 2.10.